The van der Waals surface area contributed by atoms with Gasteiger partial charge in [-0.1, -0.05) is 54.1 Å². The average molecular weight is 473 g/mol. The van der Waals surface area contributed by atoms with Crippen LogP contribution in [0.1, 0.15) is 43.2 Å². The molecule has 7 heteroatoms. The van der Waals surface area contributed by atoms with Crippen molar-refractivity contribution < 1.29 is 23.7 Å². The number of fused-ring (bicyclic) bond motifs is 3. The summed E-state index contributed by atoms with van der Waals surface area (Å²) in [6.45, 7) is 0.600. The van der Waals surface area contributed by atoms with Gasteiger partial charge in [0.05, 0.1) is 5.56 Å². The molecule has 5 rings (SSSR count). The Morgan fingerprint density at radius 1 is 1.03 bits per heavy atom. The molecule has 1 atom stereocenters. The van der Waals surface area contributed by atoms with Crippen molar-refractivity contribution in [2.24, 2.45) is 0 Å². The Bertz CT molecular complexity index is 1200. The van der Waals surface area contributed by atoms with E-state index in [9.17, 15) is 14.4 Å². The number of hydrogen-bond donors (Lipinski definition) is 1. The summed E-state index contributed by atoms with van der Waals surface area (Å²) in [5, 5.41) is 2.95. The smallest absolute Gasteiger partial charge is 0.469 e. The summed E-state index contributed by atoms with van der Waals surface area (Å²) in [7, 11) is 0. The first kappa shape index (κ1) is 23.0. The topological polar surface area (TPSA) is 78.7 Å². The molecule has 0 saturated heterocycles. The molecular weight excluding hydrogens is 442 g/mol. The summed E-state index contributed by atoms with van der Waals surface area (Å²) in [6, 6.07) is 16.5. The first-order valence-corrected chi connectivity index (χ1v) is 12.4. The van der Waals surface area contributed by atoms with Crippen LogP contribution < -0.4 is 10.1 Å². The lowest BCUT2D eigenvalue weighted by Crippen LogP contribution is -2.59. The van der Waals surface area contributed by atoms with Crippen molar-refractivity contribution in [2.45, 2.75) is 44.6 Å². The second-order valence-electron chi connectivity index (χ2n) is 9.18. The van der Waals surface area contributed by atoms with Crippen LogP contribution in [-0.2, 0) is 16.0 Å². The SMILES string of the molecule is O=C(C[N+]1=C2c3ccccc3OC2C(=O)N(CCc2ccccc2)C1=O)NCCC1=CCCCC1. The van der Waals surface area contributed by atoms with Crippen LogP contribution in [0.3, 0.4) is 0 Å². The molecule has 35 heavy (non-hydrogen) atoms. The minimum atomic E-state index is -0.930. The largest absolute Gasteiger partial charge is 0.501 e. The number of nitrogens with zero attached hydrogens (tertiary/aromatic N) is 2. The molecule has 0 aromatic heterocycles. The van der Waals surface area contributed by atoms with E-state index >= 15 is 0 Å². The molecule has 2 aromatic rings. The van der Waals surface area contributed by atoms with E-state index in [0.29, 0.717) is 30.0 Å². The molecule has 0 fully saturated rings. The molecule has 1 unspecified atom stereocenters. The van der Waals surface area contributed by atoms with Crippen LogP contribution in [0.2, 0.25) is 0 Å². The van der Waals surface area contributed by atoms with Crippen molar-refractivity contribution in [1.29, 1.82) is 0 Å². The number of urea groups is 1. The van der Waals surface area contributed by atoms with Gasteiger partial charge >= 0.3 is 11.9 Å². The lowest BCUT2D eigenvalue weighted by molar-refractivity contribution is -0.428. The molecule has 2 aromatic carbocycles. The fourth-order valence-corrected chi connectivity index (χ4v) is 4.98. The molecular formula is C28H30N3O4+. The highest BCUT2D eigenvalue weighted by Crippen LogP contribution is 2.32. The van der Waals surface area contributed by atoms with E-state index in [1.807, 2.05) is 48.5 Å². The number of nitrogens with one attached hydrogen (secondary N) is 1. The highest BCUT2D eigenvalue weighted by molar-refractivity contribution is 6.22. The van der Waals surface area contributed by atoms with Gasteiger partial charge in [0.25, 0.3) is 12.0 Å². The Balaban J connectivity index is 1.35. The highest BCUT2D eigenvalue weighted by atomic mass is 16.5. The summed E-state index contributed by atoms with van der Waals surface area (Å²) < 4.78 is 7.38. The van der Waals surface area contributed by atoms with E-state index in [2.05, 4.69) is 11.4 Å². The minimum Gasteiger partial charge on any atom is -0.469 e. The third kappa shape index (κ3) is 4.90. The minimum absolute atomic E-state index is 0.156. The number of para-hydroxylation sites is 1. The molecule has 7 nitrogen and oxygen atoms in total. The molecule has 2 heterocycles. The number of rotatable bonds is 8. The molecule has 0 bridgehead atoms. The number of ether oxygens (including phenoxy) is 1. The Kier molecular flexibility index (Phi) is 6.75. The number of hydrogen-bond acceptors (Lipinski definition) is 4. The number of benzene rings is 2. The molecule has 1 N–H and O–H groups in total. The lowest BCUT2D eigenvalue weighted by atomic mass is 9.97. The predicted molar refractivity (Wildman–Crippen MR) is 132 cm³/mol. The maximum atomic E-state index is 13.5. The molecule has 0 radical (unpaired) electrons. The average Bonchev–Trinajstić information content (AvgIpc) is 3.28. The number of carbonyl (C=O) groups excluding carboxylic acids is 3. The van der Waals surface area contributed by atoms with E-state index in [0.717, 1.165) is 24.8 Å². The van der Waals surface area contributed by atoms with E-state index in [1.165, 1.54) is 27.9 Å². The molecule has 0 spiro atoms. The Hall–Kier alpha value is -3.74. The van der Waals surface area contributed by atoms with E-state index in [1.54, 1.807) is 6.07 Å². The van der Waals surface area contributed by atoms with Crippen molar-refractivity contribution >= 4 is 23.6 Å². The van der Waals surface area contributed by atoms with Gasteiger partial charge in [-0.15, -0.1) is 0 Å². The Morgan fingerprint density at radius 3 is 2.63 bits per heavy atom. The molecule has 0 saturated carbocycles. The summed E-state index contributed by atoms with van der Waals surface area (Å²) in [5.74, 6) is -0.0889. The van der Waals surface area contributed by atoms with Crippen LogP contribution in [0.25, 0.3) is 0 Å². The Labute approximate surface area is 205 Å². The van der Waals surface area contributed by atoms with Crippen molar-refractivity contribution in [3.63, 3.8) is 0 Å². The van der Waals surface area contributed by atoms with Gasteiger partial charge in [0.1, 0.15) is 12.3 Å². The highest BCUT2D eigenvalue weighted by Gasteiger charge is 2.53. The Morgan fingerprint density at radius 2 is 1.83 bits per heavy atom. The molecule has 1 aliphatic carbocycles. The van der Waals surface area contributed by atoms with Gasteiger partial charge in [0.15, 0.2) is 12.3 Å². The van der Waals surface area contributed by atoms with Gasteiger partial charge < -0.3 is 10.1 Å². The van der Waals surface area contributed by atoms with Crippen LogP contribution in [0.5, 0.6) is 5.75 Å². The second-order valence-corrected chi connectivity index (χ2v) is 9.18. The van der Waals surface area contributed by atoms with Gasteiger partial charge in [0.2, 0.25) is 0 Å². The molecule has 3 aliphatic rings. The van der Waals surface area contributed by atoms with Crippen molar-refractivity contribution in [3.8, 4) is 5.75 Å². The van der Waals surface area contributed by atoms with Crippen molar-refractivity contribution in [1.82, 2.24) is 10.2 Å². The van der Waals surface area contributed by atoms with Crippen molar-refractivity contribution in [3.05, 3.63) is 77.4 Å². The normalized spacial score (nSPS) is 19.1. The molecule has 4 amide bonds. The van der Waals surface area contributed by atoms with Crippen molar-refractivity contribution in [2.75, 3.05) is 19.6 Å². The zero-order valence-electron chi connectivity index (χ0n) is 19.7. The quantitative estimate of drug-likeness (QED) is 0.472. The summed E-state index contributed by atoms with van der Waals surface area (Å²) >= 11 is 0. The van der Waals surface area contributed by atoms with E-state index in [4.69, 9.17) is 4.74 Å². The zero-order chi connectivity index (χ0) is 24.2. The lowest BCUT2D eigenvalue weighted by Gasteiger charge is -2.24. The van der Waals surface area contributed by atoms with Crippen LogP contribution in [-0.4, -0.2) is 58.8 Å². The number of carbonyl (C=O) groups is 3. The number of amides is 4. The maximum Gasteiger partial charge on any atom is 0.501 e. The third-order valence-electron chi connectivity index (χ3n) is 6.82. The summed E-state index contributed by atoms with van der Waals surface area (Å²) in [5.41, 5.74) is 3.55. The molecule has 180 valence electrons. The number of imide groups is 1. The van der Waals surface area contributed by atoms with E-state index in [-0.39, 0.29) is 19.0 Å². The number of allylic oxidation sites excluding steroid dienone is 1. The van der Waals surface area contributed by atoms with Gasteiger partial charge in [-0.05, 0) is 49.8 Å². The van der Waals surface area contributed by atoms with Crippen LogP contribution in [0, 0.1) is 0 Å². The van der Waals surface area contributed by atoms with E-state index < -0.39 is 18.0 Å². The predicted octanol–water partition coefficient (Wildman–Crippen LogP) is 3.46. The second kappa shape index (κ2) is 10.3. The van der Waals surface area contributed by atoms with Gasteiger partial charge in [-0.3, -0.25) is 4.79 Å². The third-order valence-corrected chi connectivity index (χ3v) is 6.82. The summed E-state index contributed by atoms with van der Waals surface area (Å²) in [4.78, 5) is 40.9. The van der Waals surface area contributed by atoms with Gasteiger partial charge in [0, 0.05) is 13.0 Å². The summed E-state index contributed by atoms with van der Waals surface area (Å²) in [6.07, 6.45) is 7.33. The van der Waals surface area contributed by atoms with Crippen LogP contribution in [0.4, 0.5) is 4.79 Å². The van der Waals surface area contributed by atoms with Crippen LogP contribution in [0.15, 0.2) is 66.2 Å². The van der Waals surface area contributed by atoms with Gasteiger partial charge in [-0.2, -0.15) is 14.3 Å². The fourth-order valence-electron chi connectivity index (χ4n) is 4.98. The van der Waals surface area contributed by atoms with Gasteiger partial charge in [-0.25, -0.2) is 4.79 Å². The fraction of sp³-hybridized carbons (Fsp3) is 0.357. The maximum absolute atomic E-state index is 13.5. The van der Waals surface area contributed by atoms with Crippen LogP contribution >= 0.6 is 0 Å². The zero-order valence-corrected chi connectivity index (χ0v) is 19.7. The monoisotopic (exact) mass is 472 g/mol. The first-order valence-electron chi connectivity index (χ1n) is 12.4. The first-order chi connectivity index (χ1) is 17.1. The standard InChI is InChI=1S/C28H29N3O4/c32-24(29-17-15-20-9-3-1-4-10-20)19-31-25-22-13-7-8-14-23(22)35-26(25)27(33)30(28(31)34)18-16-21-11-5-2-6-12-21/h2,5-9,11-14,26H,1,3-4,10,15-19H2/p+1. The molecule has 2 aliphatic heterocycles.